The summed E-state index contributed by atoms with van der Waals surface area (Å²) >= 11 is 0. The standard InChI is InChI=1S/C28H30N4/c1-7-15-31(16-8-1)27-19-25(29-23-13-5-3-11-21(23)27)26-20-28(32-17-9-2-10-18-32)22-12-4-6-14-24(22)30-26/h3-6,11-14,19-20H,1-2,7-10,15-18H2. The average molecular weight is 423 g/mol. The number of hydrogen-bond acceptors (Lipinski definition) is 4. The van der Waals surface area contributed by atoms with Gasteiger partial charge in [0.25, 0.3) is 0 Å². The van der Waals surface area contributed by atoms with Gasteiger partial charge < -0.3 is 9.80 Å². The number of fused-ring (bicyclic) bond motifs is 2. The van der Waals surface area contributed by atoms with E-state index in [0.717, 1.165) is 48.6 Å². The molecule has 0 bridgehead atoms. The highest BCUT2D eigenvalue weighted by atomic mass is 15.1. The summed E-state index contributed by atoms with van der Waals surface area (Å²) in [5.41, 5.74) is 6.68. The molecule has 2 saturated heterocycles. The van der Waals surface area contributed by atoms with Crippen molar-refractivity contribution < 1.29 is 0 Å². The molecular formula is C28H30N4. The summed E-state index contributed by atoms with van der Waals surface area (Å²) < 4.78 is 0. The van der Waals surface area contributed by atoms with Crippen LogP contribution < -0.4 is 9.80 Å². The number of hydrogen-bond donors (Lipinski definition) is 0. The fourth-order valence-electron chi connectivity index (χ4n) is 5.37. The molecule has 2 aromatic carbocycles. The summed E-state index contributed by atoms with van der Waals surface area (Å²) in [4.78, 5) is 15.3. The van der Waals surface area contributed by atoms with Gasteiger partial charge in [-0.1, -0.05) is 36.4 Å². The summed E-state index contributed by atoms with van der Waals surface area (Å²) in [6.07, 6.45) is 7.72. The Morgan fingerprint density at radius 2 is 0.906 bits per heavy atom. The van der Waals surface area contributed by atoms with E-state index in [4.69, 9.17) is 9.97 Å². The fourth-order valence-corrected chi connectivity index (χ4v) is 5.37. The first-order valence-corrected chi connectivity index (χ1v) is 12.2. The van der Waals surface area contributed by atoms with Crippen molar-refractivity contribution in [3.8, 4) is 11.4 Å². The summed E-state index contributed by atoms with van der Waals surface area (Å²) in [5, 5.41) is 2.49. The lowest BCUT2D eigenvalue weighted by atomic mass is 10.0. The molecule has 0 atom stereocenters. The second-order valence-electron chi connectivity index (χ2n) is 9.18. The van der Waals surface area contributed by atoms with E-state index in [2.05, 4.69) is 70.5 Å². The summed E-state index contributed by atoms with van der Waals surface area (Å²) in [5.74, 6) is 0. The highest BCUT2D eigenvalue weighted by Crippen LogP contribution is 2.36. The van der Waals surface area contributed by atoms with Gasteiger partial charge in [-0.2, -0.15) is 0 Å². The molecule has 162 valence electrons. The zero-order chi connectivity index (χ0) is 21.3. The van der Waals surface area contributed by atoms with Gasteiger partial charge >= 0.3 is 0 Å². The van der Waals surface area contributed by atoms with Crippen molar-refractivity contribution in [2.75, 3.05) is 36.0 Å². The van der Waals surface area contributed by atoms with Crippen LogP contribution in [0.1, 0.15) is 38.5 Å². The number of anilines is 2. The van der Waals surface area contributed by atoms with Gasteiger partial charge in [0.05, 0.1) is 22.4 Å². The van der Waals surface area contributed by atoms with Crippen LogP contribution in [0.15, 0.2) is 60.7 Å². The molecule has 2 fully saturated rings. The molecular weight excluding hydrogens is 392 g/mol. The van der Waals surface area contributed by atoms with Crippen LogP contribution in [0.5, 0.6) is 0 Å². The number of benzene rings is 2. The Bertz CT molecular complexity index is 1150. The van der Waals surface area contributed by atoms with Gasteiger partial charge in [0.2, 0.25) is 0 Å². The molecule has 0 unspecified atom stereocenters. The number of piperidine rings is 2. The zero-order valence-corrected chi connectivity index (χ0v) is 18.6. The van der Waals surface area contributed by atoms with Gasteiger partial charge in [-0.25, -0.2) is 9.97 Å². The quantitative estimate of drug-likeness (QED) is 0.381. The SMILES string of the molecule is c1ccc2c(N3CCCCC3)cc(-c3cc(N4CCCCC4)c4ccccc4n3)nc2c1. The number of pyridine rings is 2. The van der Waals surface area contributed by atoms with E-state index < -0.39 is 0 Å². The van der Waals surface area contributed by atoms with Gasteiger partial charge in [-0.3, -0.25) is 0 Å². The van der Waals surface area contributed by atoms with E-state index in [0.29, 0.717) is 0 Å². The lowest BCUT2D eigenvalue weighted by molar-refractivity contribution is 0.579. The molecule has 2 aromatic heterocycles. The maximum absolute atomic E-state index is 5.09. The Morgan fingerprint density at radius 3 is 1.34 bits per heavy atom. The predicted octanol–water partition coefficient (Wildman–Crippen LogP) is 6.43. The zero-order valence-electron chi connectivity index (χ0n) is 18.6. The third-order valence-corrected chi connectivity index (χ3v) is 7.04. The molecule has 0 amide bonds. The summed E-state index contributed by atoms with van der Waals surface area (Å²) in [6.45, 7) is 4.49. The van der Waals surface area contributed by atoms with Crippen LogP contribution in [-0.2, 0) is 0 Å². The lowest BCUT2D eigenvalue weighted by Crippen LogP contribution is -2.30. The second kappa shape index (κ2) is 8.42. The third kappa shape index (κ3) is 3.58. The van der Waals surface area contributed by atoms with Crippen molar-refractivity contribution >= 4 is 33.2 Å². The Morgan fingerprint density at radius 1 is 0.500 bits per heavy atom. The number of para-hydroxylation sites is 2. The van der Waals surface area contributed by atoms with Crippen molar-refractivity contribution in [1.29, 1.82) is 0 Å². The maximum atomic E-state index is 5.09. The minimum atomic E-state index is 0.980. The smallest absolute Gasteiger partial charge is 0.0915 e. The number of nitrogens with zero attached hydrogens (tertiary/aromatic N) is 4. The van der Waals surface area contributed by atoms with E-state index in [1.165, 1.54) is 60.7 Å². The lowest BCUT2D eigenvalue weighted by Gasteiger charge is -2.31. The van der Waals surface area contributed by atoms with E-state index in [-0.39, 0.29) is 0 Å². The molecule has 4 aromatic rings. The molecule has 0 radical (unpaired) electrons. The monoisotopic (exact) mass is 422 g/mol. The molecule has 6 rings (SSSR count). The van der Waals surface area contributed by atoms with Crippen LogP contribution in [0.4, 0.5) is 11.4 Å². The predicted molar refractivity (Wildman–Crippen MR) is 135 cm³/mol. The van der Waals surface area contributed by atoms with Crippen LogP contribution in [0.2, 0.25) is 0 Å². The first kappa shape index (κ1) is 19.5. The fraction of sp³-hybridized carbons (Fsp3) is 0.357. The molecule has 4 heterocycles. The largest absolute Gasteiger partial charge is 0.371 e. The Kier molecular flexibility index (Phi) is 5.14. The van der Waals surface area contributed by atoms with Crippen LogP contribution in [0.3, 0.4) is 0 Å². The number of rotatable bonds is 3. The maximum Gasteiger partial charge on any atom is 0.0915 e. The highest BCUT2D eigenvalue weighted by molar-refractivity contribution is 5.97. The van der Waals surface area contributed by atoms with Crippen molar-refractivity contribution in [2.24, 2.45) is 0 Å². The molecule has 4 heteroatoms. The van der Waals surface area contributed by atoms with Crippen molar-refractivity contribution in [3.05, 3.63) is 60.7 Å². The van der Waals surface area contributed by atoms with Gasteiger partial charge in [0, 0.05) is 48.3 Å². The molecule has 0 saturated carbocycles. The third-order valence-electron chi connectivity index (χ3n) is 7.04. The first-order chi connectivity index (χ1) is 15.9. The van der Waals surface area contributed by atoms with E-state index in [1.54, 1.807) is 0 Å². The first-order valence-electron chi connectivity index (χ1n) is 12.2. The molecule has 0 N–H and O–H groups in total. The minimum Gasteiger partial charge on any atom is -0.371 e. The van der Waals surface area contributed by atoms with E-state index >= 15 is 0 Å². The Labute approximate surface area is 189 Å². The van der Waals surface area contributed by atoms with E-state index in [9.17, 15) is 0 Å². The van der Waals surface area contributed by atoms with Crippen LogP contribution in [0, 0.1) is 0 Å². The molecule has 2 aliphatic heterocycles. The van der Waals surface area contributed by atoms with Crippen molar-refractivity contribution in [1.82, 2.24) is 9.97 Å². The Balaban J connectivity index is 1.53. The van der Waals surface area contributed by atoms with Gasteiger partial charge in [-0.05, 0) is 62.8 Å². The molecule has 0 spiro atoms. The Hall–Kier alpha value is -3.14. The molecule has 4 nitrogen and oxygen atoms in total. The van der Waals surface area contributed by atoms with Gasteiger partial charge in [0.1, 0.15) is 0 Å². The second-order valence-corrected chi connectivity index (χ2v) is 9.18. The highest BCUT2D eigenvalue weighted by Gasteiger charge is 2.19. The van der Waals surface area contributed by atoms with Crippen LogP contribution in [-0.4, -0.2) is 36.1 Å². The minimum absolute atomic E-state index is 0.980. The summed E-state index contributed by atoms with van der Waals surface area (Å²) in [7, 11) is 0. The van der Waals surface area contributed by atoms with Crippen LogP contribution >= 0.6 is 0 Å². The number of aromatic nitrogens is 2. The van der Waals surface area contributed by atoms with Crippen molar-refractivity contribution in [3.63, 3.8) is 0 Å². The van der Waals surface area contributed by atoms with E-state index in [1.807, 2.05) is 0 Å². The van der Waals surface area contributed by atoms with Gasteiger partial charge in [0.15, 0.2) is 0 Å². The van der Waals surface area contributed by atoms with Crippen LogP contribution in [0.25, 0.3) is 33.2 Å². The molecule has 0 aliphatic carbocycles. The average Bonchev–Trinajstić information content (AvgIpc) is 2.88. The van der Waals surface area contributed by atoms with Crippen molar-refractivity contribution in [2.45, 2.75) is 38.5 Å². The molecule has 2 aliphatic rings. The van der Waals surface area contributed by atoms with Gasteiger partial charge in [-0.15, -0.1) is 0 Å². The normalized spacial score (nSPS) is 17.2. The summed E-state index contributed by atoms with van der Waals surface area (Å²) in [6, 6.07) is 21.7. The molecule has 32 heavy (non-hydrogen) atoms. The topological polar surface area (TPSA) is 32.3 Å².